The number of epoxide rings is 1. The zero-order valence-electron chi connectivity index (χ0n) is 16.4. The van der Waals surface area contributed by atoms with Gasteiger partial charge < -0.3 is 10.2 Å². The van der Waals surface area contributed by atoms with Crippen LogP contribution in [-0.2, 0) is 14.3 Å². The van der Waals surface area contributed by atoms with Crippen molar-refractivity contribution in [3.8, 4) is 0 Å². The smallest absolute Gasteiger partial charge is 0.276 e. The van der Waals surface area contributed by atoms with Crippen LogP contribution >= 0.6 is 0 Å². The molecule has 2 aliphatic carbocycles. The summed E-state index contributed by atoms with van der Waals surface area (Å²) in [7, 11) is 0. The van der Waals surface area contributed by atoms with Crippen LogP contribution < -0.4 is 5.01 Å². The summed E-state index contributed by atoms with van der Waals surface area (Å²) in [6.07, 6.45) is 2.74. The molecule has 6 heteroatoms. The van der Waals surface area contributed by atoms with Gasteiger partial charge in [0.15, 0.2) is 5.60 Å². The second-order valence-electron chi connectivity index (χ2n) is 9.15. The van der Waals surface area contributed by atoms with Crippen LogP contribution in [0.1, 0.15) is 47.0 Å². The van der Waals surface area contributed by atoms with Crippen LogP contribution in [0.4, 0.5) is 5.69 Å². The first-order valence-corrected chi connectivity index (χ1v) is 9.66. The maximum atomic E-state index is 13.8. The lowest BCUT2D eigenvalue weighted by Crippen LogP contribution is -2.52. The van der Waals surface area contributed by atoms with E-state index in [-0.39, 0.29) is 34.9 Å². The Labute approximate surface area is 159 Å². The van der Waals surface area contributed by atoms with Crippen LogP contribution in [0.2, 0.25) is 0 Å². The molecule has 146 valence electrons. The SMILES string of the molecule is C[C@@H]1O[C@@]1(C)C(=O)N1[C@@H]2C[C@H]3CC[C@]2(C(=O)N1c1ccccc1)C3(C)C.O. The third-order valence-corrected chi connectivity index (χ3v) is 7.99. The Balaban J connectivity index is 0.00000180. The fourth-order valence-corrected chi connectivity index (χ4v) is 6.02. The van der Waals surface area contributed by atoms with Crippen molar-refractivity contribution in [2.24, 2.45) is 16.7 Å². The van der Waals surface area contributed by atoms with Crippen LogP contribution in [0.25, 0.3) is 0 Å². The lowest BCUT2D eigenvalue weighted by atomic mass is 9.67. The maximum absolute atomic E-state index is 13.8. The van der Waals surface area contributed by atoms with E-state index in [0.717, 1.165) is 24.9 Å². The van der Waals surface area contributed by atoms with Crippen molar-refractivity contribution in [3.05, 3.63) is 30.3 Å². The number of anilines is 1. The van der Waals surface area contributed by atoms with E-state index < -0.39 is 11.0 Å². The second-order valence-corrected chi connectivity index (χ2v) is 9.15. The molecule has 6 nitrogen and oxygen atoms in total. The van der Waals surface area contributed by atoms with Crippen molar-refractivity contribution in [2.45, 2.75) is 64.7 Å². The Morgan fingerprint density at radius 2 is 1.81 bits per heavy atom. The van der Waals surface area contributed by atoms with Gasteiger partial charge in [0.25, 0.3) is 11.8 Å². The van der Waals surface area contributed by atoms with E-state index in [4.69, 9.17) is 4.74 Å². The van der Waals surface area contributed by atoms with Crippen molar-refractivity contribution >= 4 is 17.5 Å². The van der Waals surface area contributed by atoms with Gasteiger partial charge in [0.1, 0.15) is 0 Å². The van der Waals surface area contributed by atoms with Crippen LogP contribution in [0.15, 0.2) is 30.3 Å². The topological polar surface area (TPSA) is 84.7 Å². The number of rotatable bonds is 2. The molecule has 4 fully saturated rings. The van der Waals surface area contributed by atoms with Gasteiger partial charge in [0.2, 0.25) is 0 Å². The average Bonchev–Trinajstić information content (AvgIpc) is 2.93. The zero-order chi connectivity index (χ0) is 18.5. The molecule has 5 atom stereocenters. The number of hydrogen-bond acceptors (Lipinski definition) is 3. The van der Waals surface area contributed by atoms with Gasteiger partial charge in [0.05, 0.1) is 23.2 Å². The van der Waals surface area contributed by atoms with Crippen molar-refractivity contribution in [3.63, 3.8) is 0 Å². The van der Waals surface area contributed by atoms with Gasteiger partial charge >= 0.3 is 0 Å². The molecule has 2 saturated heterocycles. The standard InChI is InChI=1S/C21H26N2O3.H2O/c1-13-20(4,26-13)17(24)23-16-12-14-10-11-21(16,19(14,2)3)18(25)22(23)15-8-6-5-7-9-15;/h5-9,13-14,16H,10-12H2,1-4H3;1H2/t13-,14+,16+,20+,21-;/m0./s1. The second kappa shape index (κ2) is 5.32. The number of ether oxygens (including phenoxy) is 1. The minimum Gasteiger partial charge on any atom is -0.412 e. The highest BCUT2D eigenvalue weighted by atomic mass is 16.6. The van der Waals surface area contributed by atoms with Gasteiger partial charge in [-0.1, -0.05) is 32.0 Å². The number of hydrogen-bond donors (Lipinski definition) is 0. The Bertz CT molecular complexity index is 810. The summed E-state index contributed by atoms with van der Waals surface area (Å²) in [5.41, 5.74) is -0.610. The van der Waals surface area contributed by atoms with Crippen LogP contribution in [0.3, 0.4) is 0 Å². The van der Waals surface area contributed by atoms with Crippen LogP contribution in [-0.4, -0.2) is 40.0 Å². The summed E-state index contributed by atoms with van der Waals surface area (Å²) in [6.45, 7) is 8.20. The van der Waals surface area contributed by atoms with Crippen LogP contribution in [0.5, 0.6) is 0 Å². The third-order valence-electron chi connectivity index (χ3n) is 7.99. The highest BCUT2D eigenvalue weighted by molar-refractivity contribution is 6.06. The maximum Gasteiger partial charge on any atom is 0.276 e. The first kappa shape index (κ1) is 18.4. The van der Waals surface area contributed by atoms with E-state index >= 15 is 0 Å². The lowest BCUT2D eigenvalue weighted by Gasteiger charge is -2.35. The van der Waals surface area contributed by atoms with Crippen molar-refractivity contribution in [1.82, 2.24) is 5.01 Å². The number of fused-ring (bicyclic) bond motifs is 1. The summed E-state index contributed by atoms with van der Waals surface area (Å²) in [4.78, 5) is 27.3. The molecule has 2 heterocycles. The molecule has 4 aliphatic rings. The van der Waals surface area contributed by atoms with Gasteiger partial charge in [-0.15, -0.1) is 0 Å². The number of amides is 2. The predicted octanol–water partition coefficient (Wildman–Crippen LogP) is 2.32. The molecule has 2 bridgehead atoms. The number of para-hydroxylation sites is 1. The number of hydrazine groups is 1. The van der Waals surface area contributed by atoms with Crippen molar-refractivity contribution in [2.75, 3.05) is 5.01 Å². The minimum atomic E-state index is -0.815. The molecular weight excluding hydrogens is 344 g/mol. The van der Waals surface area contributed by atoms with E-state index in [1.165, 1.54) is 0 Å². The molecular formula is C21H28N2O4. The highest BCUT2D eigenvalue weighted by Gasteiger charge is 2.76. The van der Waals surface area contributed by atoms with Gasteiger partial charge in [-0.25, -0.2) is 10.0 Å². The molecule has 2 aliphatic heterocycles. The van der Waals surface area contributed by atoms with E-state index in [0.29, 0.717) is 5.92 Å². The molecule has 0 aromatic heterocycles. The fraction of sp³-hybridized carbons (Fsp3) is 0.619. The first-order chi connectivity index (χ1) is 12.2. The number of nitrogens with zero attached hydrogens (tertiary/aromatic N) is 2. The quantitative estimate of drug-likeness (QED) is 0.747. The summed E-state index contributed by atoms with van der Waals surface area (Å²) >= 11 is 0. The summed E-state index contributed by atoms with van der Waals surface area (Å²) in [5, 5.41) is 3.43. The van der Waals surface area contributed by atoms with Gasteiger partial charge in [-0.2, -0.15) is 0 Å². The highest BCUT2D eigenvalue weighted by Crippen LogP contribution is 2.70. The fourth-order valence-electron chi connectivity index (χ4n) is 6.02. The summed E-state index contributed by atoms with van der Waals surface area (Å²) in [6, 6.07) is 9.52. The third kappa shape index (κ3) is 1.93. The Hall–Kier alpha value is -1.92. The Morgan fingerprint density at radius 1 is 1.19 bits per heavy atom. The zero-order valence-corrected chi connectivity index (χ0v) is 16.4. The monoisotopic (exact) mass is 372 g/mol. The largest absolute Gasteiger partial charge is 0.412 e. The molecule has 1 aromatic carbocycles. The summed E-state index contributed by atoms with van der Waals surface area (Å²) < 4.78 is 5.65. The normalized spacial score (nSPS) is 40.7. The lowest BCUT2D eigenvalue weighted by molar-refractivity contribution is -0.139. The van der Waals surface area contributed by atoms with E-state index in [2.05, 4.69) is 13.8 Å². The Kier molecular flexibility index (Phi) is 3.64. The van der Waals surface area contributed by atoms with Crippen molar-refractivity contribution < 1.29 is 19.8 Å². The number of carbonyl (C=O) groups is 2. The summed E-state index contributed by atoms with van der Waals surface area (Å²) in [5.74, 6) is 0.506. The molecule has 1 spiro atoms. The van der Waals surface area contributed by atoms with Crippen LogP contribution in [0, 0.1) is 16.7 Å². The average molecular weight is 372 g/mol. The predicted molar refractivity (Wildman–Crippen MR) is 101 cm³/mol. The molecule has 0 unspecified atom stereocenters. The van der Waals surface area contributed by atoms with Gasteiger partial charge in [-0.3, -0.25) is 9.59 Å². The molecule has 2 saturated carbocycles. The number of carbonyl (C=O) groups excluding carboxylic acids is 2. The van der Waals surface area contributed by atoms with Crippen molar-refractivity contribution in [1.29, 1.82) is 0 Å². The molecule has 2 amide bonds. The van der Waals surface area contributed by atoms with Gasteiger partial charge in [-0.05, 0) is 56.6 Å². The molecule has 2 N–H and O–H groups in total. The molecule has 5 rings (SSSR count). The first-order valence-electron chi connectivity index (χ1n) is 9.66. The van der Waals surface area contributed by atoms with E-state index in [1.54, 1.807) is 10.0 Å². The number of benzene rings is 1. The van der Waals surface area contributed by atoms with E-state index in [9.17, 15) is 9.59 Å². The molecule has 0 radical (unpaired) electrons. The molecule has 1 aromatic rings. The van der Waals surface area contributed by atoms with Gasteiger partial charge in [0, 0.05) is 0 Å². The molecule has 27 heavy (non-hydrogen) atoms. The van der Waals surface area contributed by atoms with E-state index in [1.807, 2.05) is 44.2 Å². The minimum absolute atomic E-state index is 0. The Morgan fingerprint density at radius 3 is 2.37 bits per heavy atom.